The number of pyridine rings is 1. The highest BCUT2D eigenvalue weighted by Crippen LogP contribution is 2.22. The number of aromatic nitrogens is 3. The Kier molecular flexibility index (Phi) is 5.25. The van der Waals surface area contributed by atoms with Crippen LogP contribution in [0, 0.1) is 12.8 Å². The summed E-state index contributed by atoms with van der Waals surface area (Å²) < 4.78 is 1.61. The average Bonchev–Trinajstić information content (AvgIpc) is 2.80. The van der Waals surface area contributed by atoms with E-state index < -0.39 is 0 Å². The highest BCUT2D eigenvalue weighted by atomic mass is 35.5. The molecule has 1 unspecified atom stereocenters. The lowest BCUT2D eigenvalue weighted by Crippen LogP contribution is -2.21. The minimum absolute atomic E-state index is 0.0619. The molecule has 0 saturated carbocycles. The first-order chi connectivity index (χ1) is 10.0. The summed E-state index contributed by atoms with van der Waals surface area (Å²) >= 11 is 7.72. The molecule has 0 aliphatic rings. The van der Waals surface area contributed by atoms with Crippen LogP contribution in [0.2, 0.25) is 5.15 Å². The van der Waals surface area contributed by atoms with Gasteiger partial charge in [-0.1, -0.05) is 18.5 Å². The van der Waals surface area contributed by atoms with Gasteiger partial charge in [0.05, 0.1) is 23.8 Å². The first kappa shape index (κ1) is 15.9. The van der Waals surface area contributed by atoms with Gasteiger partial charge in [-0.3, -0.25) is 9.78 Å². The van der Waals surface area contributed by atoms with E-state index >= 15 is 0 Å². The Morgan fingerprint density at radius 3 is 2.95 bits per heavy atom. The molecule has 0 aliphatic carbocycles. The topological polar surface area (TPSA) is 59.8 Å². The summed E-state index contributed by atoms with van der Waals surface area (Å²) in [6, 6.07) is 1.94. The molecule has 0 saturated heterocycles. The molecular weight excluding hydrogens is 308 g/mol. The Hall–Kier alpha value is -1.53. The average molecular weight is 325 g/mol. The van der Waals surface area contributed by atoms with E-state index in [0.29, 0.717) is 5.69 Å². The highest BCUT2D eigenvalue weighted by Gasteiger charge is 2.16. The number of thioether (sulfide) groups is 1. The number of aryl methyl sites for hydroxylation is 1. The Morgan fingerprint density at radius 1 is 1.52 bits per heavy atom. The predicted molar refractivity (Wildman–Crippen MR) is 87.3 cm³/mol. The van der Waals surface area contributed by atoms with Crippen LogP contribution in [0.25, 0.3) is 5.69 Å². The van der Waals surface area contributed by atoms with Crippen molar-refractivity contribution in [3.63, 3.8) is 0 Å². The van der Waals surface area contributed by atoms with Crippen LogP contribution in [-0.2, 0) is 4.79 Å². The minimum atomic E-state index is -0.0833. The van der Waals surface area contributed by atoms with E-state index in [4.69, 9.17) is 11.6 Å². The number of hydrogen-bond acceptors (Lipinski definition) is 4. The molecule has 7 heteroatoms. The maximum atomic E-state index is 12.0. The zero-order valence-corrected chi connectivity index (χ0v) is 13.7. The number of halogens is 1. The third-order valence-electron chi connectivity index (χ3n) is 2.92. The minimum Gasteiger partial charge on any atom is -0.322 e. The molecule has 2 aromatic heterocycles. The van der Waals surface area contributed by atoms with Crippen LogP contribution in [0.3, 0.4) is 0 Å². The zero-order valence-electron chi connectivity index (χ0n) is 12.1. The van der Waals surface area contributed by atoms with Gasteiger partial charge in [0.25, 0.3) is 0 Å². The van der Waals surface area contributed by atoms with Crippen LogP contribution in [0.15, 0.2) is 24.7 Å². The number of rotatable bonds is 5. The van der Waals surface area contributed by atoms with E-state index in [-0.39, 0.29) is 17.0 Å². The third kappa shape index (κ3) is 3.98. The maximum absolute atomic E-state index is 12.0. The third-order valence-corrected chi connectivity index (χ3v) is 4.03. The van der Waals surface area contributed by atoms with E-state index in [1.54, 1.807) is 35.0 Å². The van der Waals surface area contributed by atoms with Gasteiger partial charge in [-0.2, -0.15) is 16.9 Å². The van der Waals surface area contributed by atoms with Gasteiger partial charge in [0.2, 0.25) is 5.91 Å². The number of amides is 1. The van der Waals surface area contributed by atoms with Gasteiger partial charge in [0.15, 0.2) is 5.15 Å². The van der Waals surface area contributed by atoms with Crippen molar-refractivity contribution in [1.82, 2.24) is 14.8 Å². The molecule has 0 bridgehead atoms. The van der Waals surface area contributed by atoms with Gasteiger partial charge in [0.1, 0.15) is 0 Å². The molecule has 21 heavy (non-hydrogen) atoms. The van der Waals surface area contributed by atoms with Crippen molar-refractivity contribution in [2.75, 3.05) is 17.3 Å². The molecule has 1 amide bonds. The number of carbonyl (C=O) groups excluding carboxylic acids is 1. The maximum Gasteiger partial charge on any atom is 0.228 e. The molecule has 2 rings (SSSR count). The van der Waals surface area contributed by atoms with E-state index in [2.05, 4.69) is 15.4 Å². The second-order valence-corrected chi connectivity index (χ2v) is 6.11. The fourth-order valence-corrected chi connectivity index (χ4v) is 2.64. The summed E-state index contributed by atoms with van der Waals surface area (Å²) in [5, 5.41) is 7.28. The quantitative estimate of drug-likeness (QED) is 0.917. The Morgan fingerprint density at radius 2 is 2.29 bits per heavy atom. The van der Waals surface area contributed by atoms with Crippen LogP contribution in [0.5, 0.6) is 0 Å². The molecule has 0 aromatic carbocycles. The van der Waals surface area contributed by atoms with Crippen LogP contribution >= 0.6 is 23.4 Å². The van der Waals surface area contributed by atoms with Crippen molar-refractivity contribution < 1.29 is 4.79 Å². The van der Waals surface area contributed by atoms with Crippen molar-refractivity contribution in [1.29, 1.82) is 0 Å². The van der Waals surface area contributed by atoms with Crippen LogP contribution in [0.1, 0.15) is 12.5 Å². The van der Waals surface area contributed by atoms with Crippen molar-refractivity contribution in [3.05, 3.63) is 35.4 Å². The van der Waals surface area contributed by atoms with Crippen molar-refractivity contribution >= 4 is 35.0 Å². The lowest BCUT2D eigenvalue weighted by Gasteiger charge is -2.09. The summed E-state index contributed by atoms with van der Waals surface area (Å²) in [5.74, 6) is 0.618. The molecule has 0 spiro atoms. The van der Waals surface area contributed by atoms with Gasteiger partial charge >= 0.3 is 0 Å². The molecule has 2 heterocycles. The largest absolute Gasteiger partial charge is 0.322 e. The molecule has 2 aromatic rings. The zero-order chi connectivity index (χ0) is 15.4. The van der Waals surface area contributed by atoms with Crippen LogP contribution in [-0.4, -0.2) is 32.7 Å². The second kappa shape index (κ2) is 6.95. The molecule has 1 N–H and O–H groups in total. The van der Waals surface area contributed by atoms with E-state index in [9.17, 15) is 4.79 Å². The Bertz CT molecular complexity index is 644. The molecule has 0 fully saturated rings. The normalized spacial score (nSPS) is 12.2. The monoisotopic (exact) mass is 324 g/mol. The van der Waals surface area contributed by atoms with Crippen molar-refractivity contribution in [2.45, 2.75) is 13.8 Å². The SMILES string of the molecule is CSCC(C)C(=O)Nc1cn(-c2cncc(C)c2)nc1Cl. The number of carbonyl (C=O) groups is 1. The lowest BCUT2D eigenvalue weighted by atomic mass is 10.2. The van der Waals surface area contributed by atoms with Crippen molar-refractivity contribution in [3.8, 4) is 5.69 Å². The van der Waals surface area contributed by atoms with Gasteiger partial charge in [-0.15, -0.1) is 0 Å². The Balaban J connectivity index is 2.18. The van der Waals surface area contributed by atoms with Gasteiger partial charge in [-0.25, -0.2) is 4.68 Å². The first-order valence-electron chi connectivity index (χ1n) is 6.48. The van der Waals surface area contributed by atoms with Gasteiger partial charge in [0, 0.05) is 17.9 Å². The van der Waals surface area contributed by atoms with Crippen molar-refractivity contribution in [2.24, 2.45) is 5.92 Å². The summed E-state index contributed by atoms with van der Waals surface area (Å²) in [6.45, 7) is 3.84. The fraction of sp³-hybridized carbons (Fsp3) is 0.357. The molecule has 112 valence electrons. The fourth-order valence-electron chi connectivity index (χ4n) is 1.81. The molecule has 0 aliphatic heterocycles. The van der Waals surface area contributed by atoms with Gasteiger partial charge < -0.3 is 5.32 Å². The molecule has 1 atom stereocenters. The number of nitrogens with zero attached hydrogens (tertiary/aromatic N) is 3. The smallest absolute Gasteiger partial charge is 0.228 e. The first-order valence-corrected chi connectivity index (χ1v) is 8.25. The van der Waals surface area contributed by atoms with E-state index in [0.717, 1.165) is 17.0 Å². The number of nitrogens with one attached hydrogen (secondary N) is 1. The molecule has 0 radical (unpaired) electrons. The molecule has 5 nitrogen and oxygen atoms in total. The summed E-state index contributed by atoms with van der Waals surface area (Å²) in [6.07, 6.45) is 7.13. The Labute approximate surface area is 133 Å². The number of anilines is 1. The van der Waals surface area contributed by atoms with Crippen LogP contribution < -0.4 is 5.32 Å². The summed E-state index contributed by atoms with van der Waals surface area (Å²) in [4.78, 5) is 16.1. The summed E-state index contributed by atoms with van der Waals surface area (Å²) in [7, 11) is 0. The lowest BCUT2D eigenvalue weighted by molar-refractivity contribution is -0.118. The van der Waals surface area contributed by atoms with E-state index in [1.165, 1.54) is 0 Å². The van der Waals surface area contributed by atoms with Gasteiger partial charge in [-0.05, 0) is 24.8 Å². The van der Waals surface area contributed by atoms with E-state index in [1.807, 2.05) is 26.2 Å². The molecular formula is C14H17ClN4OS. The standard InChI is InChI=1S/C14H17ClN4OS/c1-9-4-11(6-16-5-9)19-7-12(13(15)18-19)17-14(20)10(2)8-21-3/h4-7,10H,8H2,1-3H3,(H,17,20). The highest BCUT2D eigenvalue weighted by molar-refractivity contribution is 7.98. The predicted octanol–water partition coefficient (Wildman–Crippen LogP) is 3.17. The number of hydrogen-bond donors (Lipinski definition) is 1. The van der Waals surface area contributed by atoms with Crippen LogP contribution in [0.4, 0.5) is 5.69 Å². The second-order valence-electron chi connectivity index (χ2n) is 4.84. The summed E-state index contributed by atoms with van der Waals surface area (Å²) in [5.41, 5.74) is 2.34.